The second kappa shape index (κ2) is 7.35. The molecule has 0 aromatic heterocycles. The van der Waals surface area contributed by atoms with E-state index in [2.05, 4.69) is 0 Å². The number of rotatable bonds is 6. The molecule has 0 N–H and O–H groups in total. The first-order valence-electron chi connectivity index (χ1n) is 11.0. The summed E-state index contributed by atoms with van der Waals surface area (Å²) in [5.41, 5.74) is 0. The zero-order valence-corrected chi connectivity index (χ0v) is 16.4. The van der Waals surface area contributed by atoms with E-state index in [9.17, 15) is 9.59 Å². The van der Waals surface area contributed by atoms with Crippen LogP contribution in [0.2, 0.25) is 0 Å². The van der Waals surface area contributed by atoms with Crippen molar-refractivity contribution < 1.29 is 38.0 Å². The number of carbonyl (C=O) groups excluding carboxylic acids is 2. The highest BCUT2D eigenvalue weighted by atomic mass is 16.8. The van der Waals surface area contributed by atoms with E-state index in [0.717, 1.165) is 32.0 Å². The molecule has 0 aromatic carbocycles. The molecular formula is C21H28O8. The Bertz CT molecular complexity index is 669. The average molecular weight is 408 g/mol. The fourth-order valence-electron chi connectivity index (χ4n) is 6.09. The van der Waals surface area contributed by atoms with Crippen LogP contribution in [0.1, 0.15) is 44.9 Å². The molecular weight excluding hydrogens is 380 g/mol. The summed E-state index contributed by atoms with van der Waals surface area (Å²) in [7, 11) is 0. The topological polar surface area (TPSA) is 89.5 Å². The maximum atomic E-state index is 12.6. The molecule has 7 rings (SSSR count). The quantitative estimate of drug-likeness (QED) is 0.600. The van der Waals surface area contributed by atoms with E-state index in [1.807, 2.05) is 0 Å². The predicted molar refractivity (Wildman–Crippen MR) is 96.1 cm³/mol. The summed E-state index contributed by atoms with van der Waals surface area (Å²) in [5.74, 6) is 0.411. The fraction of sp³-hybridized carbons (Fsp3) is 0.905. The molecule has 0 spiro atoms. The highest BCUT2D eigenvalue weighted by Gasteiger charge is 2.64. The van der Waals surface area contributed by atoms with Crippen molar-refractivity contribution in [3.8, 4) is 0 Å². The van der Waals surface area contributed by atoms with Gasteiger partial charge in [-0.2, -0.15) is 0 Å². The van der Waals surface area contributed by atoms with Crippen LogP contribution in [0.25, 0.3) is 0 Å². The van der Waals surface area contributed by atoms with Crippen molar-refractivity contribution in [3.63, 3.8) is 0 Å². The van der Waals surface area contributed by atoms with Crippen LogP contribution in [0.3, 0.4) is 0 Å². The first-order valence-corrected chi connectivity index (χ1v) is 11.0. The van der Waals surface area contributed by atoms with E-state index in [1.54, 1.807) is 0 Å². The molecule has 2 unspecified atom stereocenters. The van der Waals surface area contributed by atoms with Gasteiger partial charge in [0.05, 0.1) is 31.0 Å². The van der Waals surface area contributed by atoms with Crippen LogP contribution >= 0.6 is 0 Å². The zero-order chi connectivity index (χ0) is 19.5. The van der Waals surface area contributed by atoms with Crippen LogP contribution in [0.15, 0.2) is 0 Å². The number of aldehydes is 1. The van der Waals surface area contributed by atoms with E-state index in [1.165, 1.54) is 0 Å². The van der Waals surface area contributed by atoms with Gasteiger partial charge >= 0.3 is 0 Å². The Morgan fingerprint density at radius 2 is 1.55 bits per heavy atom. The molecule has 7 fully saturated rings. The highest BCUT2D eigenvalue weighted by Crippen LogP contribution is 2.48. The summed E-state index contributed by atoms with van der Waals surface area (Å²) in [4.78, 5) is 23.3. The number of hydrogen-bond acceptors (Lipinski definition) is 8. The lowest BCUT2D eigenvalue weighted by atomic mass is 9.86. The van der Waals surface area contributed by atoms with Gasteiger partial charge in [-0.05, 0) is 25.2 Å². The predicted octanol–water partition coefficient (Wildman–Crippen LogP) is 0.926. The van der Waals surface area contributed by atoms with E-state index in [0.29, 0.717) is 25.9 Å². The zero-order valence-electron chi connectivity index (χ0n) is 16.4. The van der Waals surface area contributed by atoms with Crippen LogP contribution in [0, 0.1) is 5.92 Å². The lowest BCUT2D eigenvalue weighted by molar-refractivity contribution is -0.264. The van der Waals surface area contributed by atoms with Crippen molar-refractivity contribution >= 4 is 12.1 Å². The second-order valence-corrected chi connectivity index (χ2v) is 9.35. The molecule has 160 valence electrons. The standard InChI is InChI=1S/C21H28O8/c22-4-3-12-6-10(9-24-12)5-11(23)7-13-1-2-14-17(25-13)20-21-19(26-14)18-15(27-21)8-16(28-18)29-20/h4,10,12-21H,1-3,5-9H2/t10-,12-,13-,14+,15-,16+,17?,18+,19?,20+,21-/m1/s1. The maximum absolute atomic E-state index is 12.6. The molecule has 0 radical (unpaired) electrons. The average Bonchev–Trinajstić information content (AvgIpc) is 3.31. The van der Waals surface area contributed by atoms with E-state index >= 15 is 0 Å². The van der Waals surface area contributed by atoms with Crippen molar-refractivity contribution in [1.29, 1.82) is 0 Å². The van der Waals surface area contributed by atoms with Crippen molar-refractivity contribution in [2.45, 2.75) is 106 Å². The van der Waals surface area contributed by atoms with Crippen LogP contribution in [-0.2, 0) is 38.0 Å². The number of carbonyl (C=O) groups is 2. The molecule has 0 saturated carbocycles. The van der Waals surface area contributed by atoms with Gasteiger partial charge in [0.1, 0.15) is 42.6 Å². The molecule has 8 heteroatoms. The lowest BCUT2D eigenvalue weighted by Crippen LogP contribution is -2.61. The molecule has 7 heterocycles. The van der Waals surface area contributed by atoms with Crippen LogP contribution in [-0.4, -0.2) is 79.9 Å². The molecule has 7 aliphatic heterocycles. The monoisotopic (exact) mass is 408 g/mol. The molecule has 8 nitrogen and oxygen atoms in total. The lowest BCUT2D eigenvalue weighted by Gasteiger charge is -2.46. The molecule has 0 aliphatic carbocycles. The largest absolute Gasteiger partial charge is 0.377 e. The molecule has 11 atom stereocenters. The van der Waals surface area contributed by atoms with Crippen molar-refractivity contribution in [1.82, 2.24) is 0 Å². The minimum atomic E-state index is -0.236. The Hall–Kier alpha value is -0.900. The van der Waals surface area contributed by atoms with Gasteiger partial charge in [-0.25, -0.2) is 0 Å². The Morgan fingerprint density at radius 3 is 2.45 bits per heavy atom. The molecule has 6 bridgehead atoms. The van der Waals surface area contributed by atoms with Crippen LogP contribution < -0.4 is 0 Å². The summed E-state index contributed by atoms with van der Waals surface area (Å²) in [5, 5.41) is 0. The van der Waals surface area contributed by atoms with E-state index in [4.69, 9.17) is 28.4 Å². The number of fused-ring (bicyclic) bond motifs is 1. The highest BCUT2D eigenvalue weighted by molar-refractivity contribution is 5.79. The third-order valence-electron chi connectivity index (χ3n) is 7.35. The van der Waals surface area contributed by atoms with E-state index < -0.39 is 0 Å². The molecule has 7 aliphatic rings. The molecule has 0 aromatic rings. The van der Waals surface area contributed by atoms with Crippen LogP contribution in [0.4, 0.5) is 0 Å². The first-order chi connectivity index (χ1) is 14.2. The Balaban J connectivity index is 1.06. The van der Waals surface area contributed by atoms with E-state index in [-0.39, 0.29) is 72.9 Å². The maximum Gasteiger partial charge on any atom is 0.161 e. The van der Waals surface area contributed by atoms with Gasteiger partial charge in [-0.1, -0.05) is 0 Å². The third-order valence-corrected chi connectivity index (χ3v) is 7.35. The third kappa shape index (κ3) is 3.28. The smallest absolute Gasteiger partial charge is 0.161 e. The van der Waals surface area contributed by atoms with Crippen LogP contribution in [0.5, 0.6) is 0 Å². The summed E-state index contributed by atoms with van der Waals surface area (Å²) in [6.45, 7) is 0.564. The van der Waals surface area contributed by atoms with Crippen molar-refractivity contribution in [3.05, 3.63) is 0 Å². The summed E-state index contributed by atoms with van der Waals surface area (Å²) in [6, 6.07) is 0. The number of ketones is 1. The summed E-state index contributed by atoms with van der Waals surface area (Å²) >= 11 is 0. The minimum Gasteiger partial charge on any atom is -0.377 e. The molecule has 0 amide bonds. The summed E-state index contributed by atoms with van der Waals surface area (Å²) < 4.78 is 36.6. The van der Waals surface area contributed by atoms with Gasteiger partial charge < -0.3 is 33.2 Å². The normalized spacial score (nSPS) is 52.3. The van der Waals surface area contributed by atoms with Crippen molar-refractivity contribution in [2.24, 2.45) is 5.92 Å². The SMILES string of the molecule is O=CC[C@@H]1C[C@@H](CC(=O)C[C@H]2CC[C@@H]3OC4[C@H]5O[C@@H]6C[C@H]5O[C@H]4[C@@H](O6)C3O2)CO1. The van der Waals surface area contributed by atoms with Gasteiger partial charge in [0.25, 0.3) is 0 Å². The summed E-state index contributed by atoms with van der Waals surface area (Å²) in [6.07, 6.45) is 4.45. The second-order valence-electron chi connectivity index (χ2n) is 9.35. The van der Waals surface area contributed by atoms with Gasteiger partial charge in [0, 0.05) is 25.7 Å². The Labute approximate surface area is 169 Å². The van der Waals surface area contributed by atoms with Gasteiger partial charge in [0.2, 0.25) is 0 Å². The van der Waals surface area contributed by atoms with Gasteiger partial charge in [-0.15, -0.1) is 0 Å². The Kier molecular flexibility index (Phi) is 4.78. The number of hydrogen-bond donors (Lipinski definition) is 0. The van der Waals surface area contributed by atoms with Crippen molar-refractivity contribution in [2.75, 3.05) is 6.61 Å². The molecule has 29 heavy (non-hydrogen) atoms. The molecule has 7 saturated heterocycles. The minimum absolute atomic E-state index is 0.0214. The fourth-order valence-corrected chi connectivity index (χ4v) is 6.09. The number of ether oxygens (including phenoxy) is 6. The first kappa shape index (κ1) is 18.8. The van der Waals surface area contributed by atoms with Gasteiger partial charge in [-0.3, -0.25) is 4.79 Å². The number of Topliss-reactive ketones (excluding diaryl/α,β-unsaturated/α-hetero) is 1. The Morgan fingerprint density at radius 1 is 0.793 bits per heavy atom. The van der Waals surface area contributed by atoms with Gasteiger partial charge in [0.15, 0.2) is 6.29 Å².